The van der Waals surface area contributed by atoms with E-state index in [1.807, 2.05) is 13.0 Å². The van der Waals surface area contributed by atoms with Gasteiger partial charge in [0.1, 0.15) is 6.04 Å². The summed E-state index contributed by atoms with van der Waals surface area (Å²) in [7, 11) is 0. The summed E-state index contributed by atoms with van der Waals surface area (Å²) >= 11 is 1.64. The Labute approximate surface area is 138 Å². The lowest BCUT2D eigenvalue weighted by Gasteiger charge is -2.20. The second-order valence-corrected chi connectivity index (χ2v) is 7.53. The first kappa shape index (κ1) is 14.8. The Hall–Kier alpha value is -1.73. The van der Waals surface area contributed by atoms with Crippen molar-refractivity contribution >= 4 is 16.5 Å². The predicted octanol–water partition coefficient (Wildman–Crippen LogP) is 2.25. The van der Waals surface area contributed by atoms with Gasteiger partial charge in [-0.2, -0.15) is 5.10 Å². The number of thiazole rings is 1. The number of hydrogen-bond donors (Lipinski definition) is 1. The summed E-state index contributed by atoms with van der Waals surface area (Å²) in [6.45, 7) is 5.13. The van der Waals surface area contributed by atoms with Crippen LogP contribution in [0, 0.1) is 13.8 Å². The van der Waals surface area contributed by atoms with Crippen molar-refractivity contribution in [2.45, 2.75) is 44.7 Å². The molecule has 1 saturated heterocycles. The van der Waals surface area contributed by atoms with Crippen molar-refractivity contribution in [2.24, 2.45) is 0 Å². The van der Waals surface area contributed by atoms with Crippen LogP contribution < -0.4 is 10.9 Å². The largest absolute Gasteiger partial charge is 0.377 e. The second kappa shape index (κ2) is 5.72. The highest BCUT2D eigenvalue weighted by Gasteiger charge is 2.33. The van der Waals surface area contributed by atoms with Crippen molar-refractivity contribution in [3.05, 3.63) is 38.8 Å². The Morgan fingerprint density at radius 1 is 1.30 bits per heavy atom. The van der Waals surface area contributed by atoms with Gasteiger partial charge in [-0.15, -0.1) is 11.3 Å². The van der Waals surface area contributed by atoms with Gasteiger partial charge in [-0.05, 0) is 32.8 Å². The fourth-order valence-electron chi connectivity index (χ4n) is 2.89. The third kappa shape index (κ3) is 2.90. The normalized spacial score (nSPS) is 24.1. The lowest BCUT2D eigenvalue weighted by Crippen LogP contribution is -2.37. The minimum absolute atomic E-state index is 0.0135. The van der Waals surface area contributed by atoms with Gasteiger partial charge in [0.05, 0.1) is 30.6 Å². The van der Waals surface area contributed by atoms with Gasteiger partial charge >= 0.3 is 0 Å². The van der Waals surface area contributed by atoms with Gasteiger partial charge in [-0.1, -0.05) is 0 Å². The SMILES string of the molecule is Cc1nc(NC2COCC2n2nc(C3CC3)ccc2=O)sc1C. The monoisotopic (exact) mass is 332 g/mol. The molecule has 0 spiro atoms. The Bertz CT molecular complexity index is 761. The lowest BCUT2D eigenvalue weighted by atomic mass is 10.2. The van der Waals surface area contributed by atoms with Crippen LogP contribution in [-0.4, -0.2) is 34.0 Å². The zero-order valence-corrected chi connectivity index (χ0v) is 14.1. The van der Waals surface area contributed by atoms with E-state index in [9.17, 15) is 4.79 Å². The number of rotatable bonds is 4. The maximum Gasteiger partial charge on any atom is 0.267 e. The van der Waals surface area contributed by atoms with Crippen LogP contribution >= 0.6 is 11.3 Å². The molecule has 3 heterocycles. The molecule has 2 unspecified atom stereocenters. The van der Waals surface area contributed by atoms with Crippen LogP contribution in [-0.2, 0) is 4.74 Å². The number of hydrogen-bond acceptors (Lipinski definition) is 6. The first-order chi connectivity index (χ1) is 11.1. The van der Waals surface area contributed by atoms with Crippen LogP contribution in [0.25, 0.3) is 0 Å². The van der Waals surface area contributed by atoms with Gasteiger partial charge in [0.15, 0.2) is 5.13 Å². The standard InChI is InChI=1S/C16H20N4O2S/c1-9-10(2)23-16(17-9)18-13-7-22-8-14(13)20-15(21)6-5-12(19-20)11-3-4-11/h5-6,11,13-14H,3-4,7-8H2,1-2H3,(H,17,18). The van der Waals surface area contributed by atoms with Gasteiger partial charge in [-0.3, -0.25) is 4.79 Å². The highest BCUT2D eigenvalue weighted by atomic mass is 32.1. The molecule has 6 nitrogen and oxygen atoms in total. The van der Waals surface area contributed by atoms with Crippen LogP contribution in [0.5, 0.6) is 0 Å². The molecule has 0 amide bonds. The summed E-state index contributed by atoms with van der Waals surface area (Å²) in [6.07, 6.45) is 2.34. The van der Waals surface area contributed by atoms with E-state index >= 15 is 0 Å². The third-order valence-corrected chi connectivity index (χ3v) is 5.55. The Morgan fingerprint density at radius 3 is 2.83 bits per heavy atom. The Morgan fingerprint density at radius 2 is 2.13 bits per heavy atom. The zero-order valence-electron chi connectivity index (χ0n) is 13.3. The maximum absolute atomic E-state index is 12.3. The van der Waals surface area contributed by atoms with Crippen molar-refractivity contribution in [3.8, 4) is 0 Å². The summed E-state index contributed by atoms with van der Waals surface area (Å²) < 4.78 is 7.22. The summed E-state index contributed by atoms with van der Waals surface area (Å²) in [5.41, 5.74) is 2.00. The maximum atomic E-state index is 12.3. The van der Waals surface area contributed by atoms with Gasteiger partial charge in [0, 0.05) is 16.9 Å². The molecule has 0 radical (unpaired) electrons. The van der Waals surface area contributed by atoms with E-state index in [4.69, 9.17) is 4.74 Å². The Kier molecular flexibility index (Phi) is 3.69. The van der Waals surface area contributed by atoms with Crippen LogP contribution in [0.1, 0.15) is 41.1 Å². The van der Waals surface area contributed by atoms with E-state index in [1.165, 1.54) is 17.7 Å². The number of ether oxygens (including phenoxy) is 1. The average Bonchev–Trinajstić information content (AvgIpc) is 3.20. The molecule has 1 N–H and O–H groups in total. The van der Waals surface area contributed by atoms with E-state index in [0.29, 0.717) is 19.1 Å². The first-order valence-corrected chi connectivity index (χ1v) is 8.81. The molecule has 1 aliphatic heterocycles. The molecule has 7 heteroatoms. The molecule has 2 aromatic rings. The molecule has 2 aliphatic rings. The van der Waals surface area contributed by atoms with Crippen molar-refractivity contribution in [2.75, 3.05) is 18.5 Å². The smallest absolute Gasteiger partial charge is 0.267 e. The molecule has 23 heavy (non-hydrogen) atoms. The van der Waals surface area contributed by atoms with Crippen molar-refractivity contribution in [1.29, 1.82) is 0 Å². The number of anilines is 1. The van der Waals surface area contributed by atoms with E-state index in [1.54, 1.807) is 22.1 Å². The topological polar surface area (TPSA) is 69.0 Å². The predicted molar refractivity (Wildman–Crippen MR) is 89.3 cm³/mol. The summed E-state index contributed by atoms with van der Waals surface area (Å²) in [5.74, 6) is 0.528. The highest BCUT2D eigenvalue weighted by Crippen LogP contribution is 2.38. The average molecular weight is 332 g/mol. The van der Waals surface area contributed by atoms with Crippen LogP contribution in [0.4, 0.5) is 5.13 Å². The number of nitrogens with zero attached hydrogens (tertiary/aromatic N) is 3. The van der Waals surface area contributed by atoms with Crippen LogP contribution in [0.2, 0.25) is 0 Å². The number of aryl methyl sites for hydroxylation is 2. The minimum atomic E-state index is -0.0919. The quantitative estimate of drug-likeness (QED) is 0.930. The summed E-state index contributed by atoms with van der Waals surface area (Å²) in [4.78, 5) is 18.0. The van der Waals surface area contributed by atoms with E-state index in [0.717, 1.165) is 16.5 Å². The van der Waals surface area contributed by atoms with Crippen LogP contribution in [0.3, 0.4) is 0 Å². The molecule has 0 bridgehead atoms. The minimum Gasteiger partial charge on any atom is -0.377 e. The van der Waals surface area contributed by atoms with Gasteiger partial charge < -0.3 is 10.1 Å². The van der Waals surface area contributed by atoms with E-state index in [-0.39, 0.29) is 17.6 Å². The lowest BCUT2D eigenvalue weighted by molar-refractivity contribution is 0.182. The molecule has 4 rings (SSSR count). The number of nitrogens with one attached hydrogen (secondary N) is 1. The van der Waals surface area contributed by atoms with Crippen molar-refractivity contribution in [1.82, 2.24) is 14.8 Å². The van der Waals surface area contributed by atoms with E-state index in [2.05, 4.69) is 22.3 Å². The molecule has 2 fully saturated rings. The highest BCUT2D eigenvalue weighted by molar-refractivity contribution is 7.15. The number of aromatic nitrogens is 3. The second-order valence-electron chi connectivity index (χ2n) is 6.33. The van der Waals surface area contributed by atoms with Crippen molar-refractivity contribution in [3.63, 3.8) is 0 Å². The molecule has 1 saturated carbocycles. The molecule has 122 valence electrons. The summed E-state index contributed by atoms with van der Waals surface area (Å²) in [6, 6.07) is 3.42. The molecule has 0 aromatic carbocycles. The van der Waals surface area contributed by atoms with Gasteiger partial charge in [0.2, 0.25) is 0 Å². The molecule has 1 aliphatic carbocycles. The fraction of sp³-hybridized carbons (Fsp3) is 0.562. The van der Waals surface area contributed by atoms with Crippen molar-refractivity contribution < 1.29 is 4.74 Å². The van der Waals surface area contributed by atoms with E-state index < -0.39 is 0 Å². The fourth-order valence-corrected chi connectivity index (χ4v) is 3.77. The third-order valence-electron chi connectivity index (χ3n) is 4.54. The first-order valence-electron chi connectivity index (χ1n) is 8.00. The molecule has 2 atom stereocenters. The van der Waals surface area contributed by atoms with Crippen LogP contribution in [0.15, 0.2) is 16.9 Å². The summed E-state index contributed by atoms with van der Waals surface area (Å²) in [5, 5.41) is 8.90. The van der Waals surface area contributed by atoms with Gasteiger partial charge in [-0.25, -0.2) is 9.67 Å². The Balaban J connectivity index is 1.60. The molecular weight excluding hydrogens is 312 g/mol. The van der Waals surface area contributed by atoms with Gasteiger partial charge in [0.25, 0.3) is 5.56 Å². The zero-order chi connectivity index (χ0) is 16.0. The molecule has 2 aromatic heterocycles. The molecular formula is C16H20N4O2S.